The number of carbonyl (C=O) groups excluding carboxylic acids is 1. The lowest BCUT2D eigenvalue weighted by atomic mass is 9.80. The van der Waals surface area contributed by atoms with Crippen LogP contribution in [-0.4, -0.2) is 35.0 Å². The van der Waals surface area contributed by atoms with Crippen LogP contribution < -0.4 is 0 Å². The Morgan fingerprint density at radius 3 is 2.85 bits per heavy atom. The summed E-state index contributed by atoms with van der Waals surface area (Å²) >= 11 is 0. The fourth-order valence-corrected chi connectivity index (χ4v) is 3.38. The van der Waals surface area contributed by atoms with Gasteiger partial charge in [-0.15, -0.1) is 0 Å². The third-order valence-electron chi connectivity index (χ3n) is 3.90. The van der Waals surface area contributed by atoms with Gasteiger partial charge >= 0.3 is 5.97 Å². The van der Waals surface area contributed by atoms with Crippen molar-refractivity contribution >= 4 is 5.97 Å². The van der Waals surface area contributed by atoms with Crippen LogP contribution in [0.15, 0.2) is 0 Å². The van der Waals surface area contributed by atoms with Crippen LogP contribution in [0.3, 0.4) is 0 Å². The average Bonchev–Trinajstić information content (AvgIpc) is 2.64. The minimum absolute atomic E-state index is 0.0556. The number of hydrogen-bond acceptors (Lipinski definition) is 4. The van der Waals surface area contributed by atoms with Gasteiger partial charge in [0.05, 0.1) is 24.7 Å². The van der Waals surface area contributed by atoms with Gasteiger partial charge in [-0.25, -0.2) is 0 Å². The van der Waals surface area contributed by atoms with Crippen LogP contribution >= 0.6 is 0 Å². The summed E-state index contributed by atoms with van der Waals surface area (Å²) in [5, 5.41) is 19.4. The molecular weight excluding hydrogens is 172 g/mol. The normalized spacial score (nSPS) is 58.2. The predicted molar refractivity (Wildman–Crippen MR) is 41.5 cm³/mol. The van der Waals surface area contributed by atoms with Crippen molar-refractivity contribution in [3.05, 3.63) is 0 Å². The monoisotopic (exact) mass is 184 g/mol. The van der Waals surface area contributed by atoms with E-state index in [9.17, 15) is 15.0 Å². The van der Waals surface area contributed by atoms with E-state index in [0.29, 0.717) is 13.0 Å². The molecule has 2 bridgehead atoms. The van der Waals surface area contributed by atoms with Gasteiger partial charge in [0.2, 0.25) is 0 Å². The molecule has 2 saturated carbocycles. The quantitative estimate of drug-likeness (QED) is 0.481. The third kappa shape index (κ3) is 0.758. The molecule has 0 spiro atoms. The first kappa shape index (κ1) is 7.76. The van der Waals surface area contributed by atoms with Gasteiger partial charge in [0, 0.05) is 17.8 Å². The van der Waals surface area contributed by atoms with Crippen molar-refractivity contribution in [2.75, 3.05) is 6.61 Å². The average molecular weight is 184 g/mol. The standard InChI is InChI=1S/C9H12O4/c10-5-1-3-6-4(2-13-9(6)12)7(5)8(3)11/h3-8,10-11H,1-2H2/t3-,4-,5-,6-,7+,8-/m1/s1. The summed E-state index contributed by atoms with van der Waals surface area (Å²) in [5.41, 5.74) is 0. The number of hydrogen-bond donors (Lipinski definition) is 2. The van der Waals surface area contributed by atoms with E-state index in [1.807, 2.05) is 0 Å². The summed E-state index contributed by atoms with van der Waals surface area (Å²) < 4.78 is 4.94. The van der Waals surface area contributed by atoms with Crippen molar-refractivity contribution in [3.8, 4) is 0 Å². The van der Waals surface area contributed by atoms with Crippen LogP contribution in [0.5, 0.6) is 0 Å². The van der Waals surface area contributed by atoms with Gasteiger partial charge in [-0.2, -0.15) is 0 Å². The maximum atomic E-state index is 11.3. The van der Waals surface area contributed by atoms with Gasteiger partial charge in [0.25, 0.3) is 0 Å². The van der Waals surface area contributed by atoms with E-state index in [2.05, 4.69) is 0 Å². The van der Waals surface area contributed by atoms with Gasteiger partial charge < -0.3 is 14.9 Å². The van der Waals surface area contributed by atoms with Gasteiger partial charge in [-0.3, -0.25) is 4.79 Å². The van der Waals surface area contributed by atoms with Gasteiger partial charge in [0.15, 0.2) is 0 Å². The second kappa shape index (κ2) is 2.25. The molecular formula is C9H12O4. The molecule has 0 unspecified atom stereocenters. The van der Waals surface area contributed by atoms with E-state index in [4.69, 9.17) is 4.74 Å². The Balaban J connectivity index is 1.98. The van der Waals surface area contributed by atoms with Crippen LogP contribution in [0.1, 0.15) is 6.42 Å². The maximum absolute atomic E-state index is 11.3. The lowest BCUT2D eigenvalue weighted by Crippen LogP contribution is -2.31. The van der Waals surface area contributed by atoms with Crippen molar-refractivity contribution in [1.29, 1.82) is 0 Å². The maximum Gasteiger partial charge on any atom is 0.309 e. The molecule has 0 aromatic carbocycles. The summed E-state index contributed by atoms with van der Waals surface area (Å²) in [4.78, 5) is 11.3. The first-order valence-corrected chi connectivity index (χ1v) is 4.73. The Hall–Kier alpha value is -0.610. The molecule has 72 valence electrons. The Morgan fingerprint density at radius 1 is 1.31 bits per heavy atom. The number of cyclic esters (lactones) is 1. The van der Waals surface area contributed by atoms with Gasteiger partial charge in [0.1, 0.15) is 0 Å². The highest BCUT2D eigenvalue weighted by Gasteiger charge is 2.63. The molecule has 0 aromatic heterocycles. The Morgan fingerprint density at radius 2 is 2.08 bits per heavy atom. The molecule has 3 aliphatic rings. The van der Waals surface area contributed by atoms with Gasteiger partial charge in [-0.05, 0) is 6.42 Å². The minimum Gasteiger partial charge on any atom is -0.465 e. The van der Waals surface area contributed by atoms with Crippen LogP contribution in [0.2, 0.25) is 0 Å². The molecule has 4 nitrogen and oxygen atoms in total. The van der Waals surface area contributed by atoms with E-state index in [1.54, 1.807) is 0 Å². The van der Waals surface area contributed by atoms with E-state index >= 15 is 0 Å². The summed E-state index contributed by atoms with van der Waals surface area (Å²) in [7, 11) is 0. The number of carbonyl (C=O) groups is 1. The Bertz CT molecular complexity index is 262. The third-order valence-corrected chi connectivity index (χ3v) is 3.90. The minimum atomic E-state index is -0.488. The molecule has 13 heavy (non-hydrogen) atoms. The van der Waals surface area contributed by atoms with Crippen molar-refractivity contribution < 1.29 is 19.7 Å². The summed E-state index contributed by atoms with van der Waals surface area (Å²) in [5.74, 6) is -0.426. The topological polar surface area (TPSA) is 66.8 Å². The number of ether oxygens (including phenoxy) is 1. The van der Waals surface area contributed by atoms with Crippen LogP contribution in [0, 0.1) is 23.7 Å². The molecule has 3 fully saturated rings. The van der Waals surface area contributed by atoms with Crippen LogP contribution in [-0.2, 0) is 9.53 Å². The lowest BCUT2D eigenvalue weighted by molar-refractivity contribution is -0.143. The molecule has 2 N–H and O–H groups in total. The van der Waals surface area contributed by atoms with Crippen LogP contribution in [0.4, 0.5) is 0 Å². The molecule has 6 atom stereocenters. The number of esters is 1. The number of aliphatic hydroxyl groups is 2. The highest BCUT2D eigenvalue weighted by Crippen LogP contribution is 2.55. The molecule has 1 saturated heterocycles. The van der Waals surface area contributed by atoms with E-state index in [-0.39, 0.29) is 29.6 Å². The first-order chi connectivity index (χ1) is 6.20. The van der Waals surface area contributed by atoms with Crippen molar-refractivity contribution in [2.24, 2.45) is 23.7 Å². The highest BCUT2D eigenvalue weighted by atomic mass is 16.5. The fraction of sp³-hybridized carbons (Fsp3) is 0.889. The molecule has 4 heteroatoms. The zero-order valence-corrected chi connectivity index (χ0v) is 7.09. The summed E-state index contributed by atoms with van der Waals surface area (Å²) in [6.07, 6.45) is -0.365. The van der Waals surface area contributed by atoms with Crippen molar-refractivity contribution in [3.63, 3.8) is 0 Å². The lowest BCUT2D eigenvalue weighted by Gasteiger charge is -2.23. The zero-order chi connectivity index (χ0) is 9.16. The highest BCUT2D eigenvalue weighted by molar-refractivity contribution is 5.76. The van der Waals surface area contributed by atoms with Gasteiger partial charge in [-0.1, -0.05) is 0 Å². The SMILES string of the molecule is O=C1OC[C@@H]2[C@H]1[C@H]1C[C@@H](O)[C@H]2[C@@H]1O. The number of fused-ring (bicyclic) bond motifs is 5. The largest absolute Gasteiger partial charge is 0.465 e. The molecule has 0 radical (unpaired) electrons. The van der Waals surface area contributed by atoms with E-state index < -0.39 is 12.2 Å². The molecule has 2 aliphatic carbocycles. The second-order valence-electron chi connectivity index (χ2n) is 4.35. The summed E-state index contributed by atoms with van der Waals surface area (Å²) in [6.45, 7) is 0.388. The molecule has 1 aliphatic heterocycles. The number of rotatable bonds is 0. The molecule has 0 aromatic rings. The van der Waals surface area contributed by atoms with Crippen LogP contribution in [0.25, 0.3) is 0 Å². The second-order valence-corrected chi connectivity index (χ2v) is 4.35. The zero-order valence-electron chi connectivity index (χ0n) is 7.09. The van der Waals surface area contributed by atoms with Crippen molar-refractivity contribution in [1.82, 2.24) is 0 Å². The predicted octanol–water partition coefficient (Wildman–Crippen LogP) is -0.853. The Kier molecular flexibility index (Phi) is 1.34. The van der Waals surface area contributed by atoms with E-state index in [1.165, 1.54) is 0 Å². The molecule has 0 amide bonds. The van der Waals surface area contributed by atoms with Crippen molar-refractivity contribution in [2.45, 2.75) is 18.6 Å². The van der Waals surface area contributed by atoms with E-state index in [0.717, 1.165) is 0 Å². The number of aliphatic hydroxyl groups excluding tert-OH is 2. The summed E-state index contributed by atoms with van der Waals surface area (Å²) in [6, 6.07) is 0. The molecule has 3 rings (SSSR count). The Labute approximate surface area is 75.5 Å². The smallest absolute Gasteiger partial charge is 0.309 e. The molecule has 1 heterocycles. The first-order valence-electron chi connectivity index (χ1n) is 4.73. The fourth-order valence-electron chi connectivity index (χ4n) is 3.38.